The molecule has 222 valence electrons. The highest BCUT2D eigenvalue weighted by Crippen LogP contribution is 2.35. The Morgan fingerprint density at radius 3 is 2.45 bits per heavy atom. The number of rotatable bonds is 8. The van der Waals surface area contributed by atoms with Crippen LogP contribution in [0.5, 0.6) is 5.75 Å². The molecule has 44 heavy (non-hydrogen) atoms. The normalized spacial score (nSPS) is 13.4. The topological polar surface area (TPSA) is 132 Å². The van der Waals surface area contributed by atoms with Crippen molar-refractivity contribution in [3.05, 3.63) is 122 Å². The summed E-state index contributed by atoms with van der Waals surface area (Å²) in [6.45, 7) is 2.30. The summed E-state index contributed by atoms with van der Waals surface area (Å²) in [4.78, 5) is 27.6. The van der Waals surface area contributed by atoms with E-state index in [4.69, 9.17) is 14.6 Å². The number of aromatic nitrogens is 2. The lowest BCUT2D eigenvalue weighted by Gasteiger charge is -2.29. The van der Waals surface area contributed by atoms with Crippen molar-refractivity contribution in [2.75, 3.05) is 38.3 Å². The molecule has 1 aliphatic rings. The zero-order valence-corrected chi connectivity index (χ0v) is 23.9. The monoisotopic (exact) mass is 591 g/mol. The molecule has 0 radical (unpaired) electrons. The molecule has 2 heterocycles. The van der Waals surface area contributed by atoms with Crippen molar-refractivity contribution in [1.82, 2.24) is 9.78 Å². The summed E-state index contributed by atoms with van der Waals surface area (Å²) in [6, 6.07) is 25.2. The molecule has 4 aromatic carbocycles. The summed E-state index contributed by atoms with van der Waals surface area (Å²) in [5.74, 6) is 0.533. The highest BCUT2D eigenvalue weighted by atomic mass is 16.6. The van der Waals surface area contributed by atoms with Crippen LogP contribution >= 0.6 is 0 Å². The summed E-state index contributed by atoms with van der Waals surface area (Å²) in [6.07, 6.45) is 1.85. The van der Waals surface area contributed by atoms with Crippen molar-refractivity contribution in [2.24, 2.45) is 5.16 Å². The van der Waals surface area contributed by atoms with E-state index in [1.54, 1.807) is 43.5 Å². The van der Waals surface area contributed by atoms with Gasteiger partial charge in [0.2, 0.25) is 0 Å². The molecule has 0 bridgehead atoms. The lowest BCUT2D eigenvalue weighted by Crippen LogP contribution is -2.36. The summed E-state index contributed by atoms with van der Waals surface area (Å²) in [5.41, 5.74) is 3.45. The minimum absolute atomic E-state index is 0.0563. The van der Waals surface area contributed by atoms with Gasteiger partial charge in [-0.1, -0.05) is 53.7 Å². The number of oxime groups is 1. The Bertz CT molecular complexity index is 1930. The Morgan fingerprint density at radius 1 is 1.02 bits per heavy atom. The average Bonchev–Trinajstić information content (AvgIpc) is 3.06. The molecule has 1 saturated heterocycles. The van der Waals surface area contributed by atoms with Gasteiger partial charge < -0.3 is 19.6 Å². The molecule has 1 fully saturated rings. The maximum Gasteiger partial charge on any atom is 0.295 e. The molecule has 1 aliphatic heterocycles. The Labute approximate surface area is 252 Å². The molecule has 1 aromatic heterocycles. The number of nitro benzene ring substituents is 1. The predicted molar refractivity (Wildman–Crippen MR) is 168 cm³/mol. The largest absolute Gasteiger partial charge is 0.496 e. The first-order chi connectivity index (χ1) is 21.5. The van der Waals surface area contributed by atoms with Crippen LogP contribution in [0.1, 0.15) is 16.7 Å². The number of hydrogen-bond acceptors (Lipinski definition) is 9. The van der Waals surface area contributed by atoms with E-state index in [1.807, 2.05) is 42.5 Å². The number of methoxy groups -OCH3 is 1. The van der Waals surface area contributed by atoms with Gasteiger partial charge in [0.15, 0.2) is 0 Å². The molecular weight excluding hydrogens is 562 g/mol. The van der Waals surface area contributed by atoms with Crippen LogP contribution in [0.15, 0.2) is 94.9 Å². The standard InChI is InChI=1S/C33H29N5O6/c1-43-31-19-23(18-24(21-34-40)28(31)17-22-7-3-2-4-8-22)32-26-9-5-6-10-27(26)33(39)37(35-32)30-20-25(11-12-29(30)38(41)42)36-13-15-44-16-14-36/h2-12,18-21,40H,13-17H2,1H3. The van der Waals surface area contributed by atoms with E-state index >= 15 is 0 Å². The van der Waals surface area contributed by atoms with Crippen LogP contribution in [0.25, 0.3) is 27.7 Å². The molecule has 0 amide bonds. The van der Waals surface area contributed by atoms with Crippen LogP contribution in [-0.4, -0.2) is 59.5 Å². The third kappa shape index (κ3) is 5.48. The summed E-state index contributed by atoms with van der Waals surface area (Å²) < 4.78 is 12.4. The second kappa shape index (κ2) is 12.4. The second-order valence-electron chi connectivity index (χ2n) is 10.3. The molecule has 0 atom stereocenters. The predicted octanol–water partition coefficient (Wildman–Crippen LogP) is 5.21. The van der Waals surface area contributed by atoms with Crippen LogP contribution in [0, 0.1) is 10.1 Å². The highest BCUT2D eigenvalue weighted by molar-refractivity contribution is 5.96. The molecule has 11 nitrogen and oxygen atoms in total. The van der Waals surface area contributed by atoms with Gasteiger partial charge in [0.1, 0.15) is 11.4 Å². The van der Waals surface area contributed by atoms with Crippen molar-refractivity contribution in [3.8, 4) is 22.7 Å². The highest BCUT2D eigenvalue weighted by Gasteiger charge is 2.24. The van der Waals surface area contributed by atoms with Crippen LogP contribution in [0.4, 0.5) is 11.4 Å². The SMILES string of the molecule is COc1cc(-c2nn(-c3cc(N4CCOCC4)ccc3[N+](=O)[O-])c(=O)c3ccccc23)cc(C=NO)c1Cc1ccccc1. The minimum atomic E-state index is -0.515. The van der Waals surface area contributed by atoms with E-state index in [-0.39, 0.29) is 11.4 Å². The number of nitrogens with zero attached hydrogens (tertiary/aromatic N) is 5. The fourth-order valence-electron chi connectivity index (χ4n) is 5.57. The minimum Gasteiger partial charge on any atom is -0.496 e. The smallest absolute Gasteiger partial charge is 0.295 e. The molecule has 0 saturated carbocycles. The zero-order valence-electron chi connectivity index (χ0n) is 23.9. The first-order valence-electron chi connectivity index (χ1n) is 14.0. The van der Waals surface area contributed by atoms with Crippen LogP contribution < -0.4 is 15.2 Å². The van der Waals surface area contributed by atoms with Gasteiger partial charge in [-0.05, 0) is 35.9 Å². The van der Waals surface area contributed by atoms with Crippen LogP contribution in [-0.2, 0) is 11.2 Å². The summed E-state index contributed by atoms with van der Waals surface area (Å²) in [5, 5.41) is 30.7. The zero-order chi connectivity index (χ0) is 30.6. The number of anilines is 1. The summed E-state index contributed by atoms with van der Waals surface area (Å²) in [7, 11) is 1.56. The van der Waals surface area contributed by atoms with Gasteiger partial charge in [-0.15, -0.1) is 0 Å². The number of hydrogen-bond donors (Lipinski definition) is 1. The third-order valence-corrected chi connectivity index (χ3v) is 7.72. The Balaban J connectivity index is 1.58. The van der Waals surface area contributed by atoms with Gasteiger partial charge in [-0.3, -0.25) is 14.9 Å². The average molecular weight is 592 g/mol. The van der Waals surface area contributed by atoms with E-state index in [2.05, 4.69) is 10.1 Å². The van der Waals surface area contributed by atoms with Gasteiger partial charge in [0.25, 0.3) is 11.2 Å². The Hall–Kier alpha value is -5.55. The van der Waals surface area contributed by atoms with Crippen molar-refractivity contribution in [1.29, 1.82) is 0 Å². The third-order valence-electron chi connectivity index (χ3n) is 7.72. The Kier molecular flexibility index (Phi) is 8.02. The van der Waals surface area contributed by atoms with Crippen molar-refractivity contribution >= 4 is 28.4 Å². The van der Waals surface area contributed by atoms with Gasteiger partial charge in [-0.2, -0.15) is 9.78 Å². The first kappa shape index (κ1) is 28.6. The summed E-state index contributed by atoms with van der Waals surface area (Å²) >= 11 is 0. The number of nitro groups is 1. The number of benzene rings is 4. The molecule has 0 unspecified atom stereocenters. The molecule has 0 spiro atoms. The molecule has 5 aromatic rings. The Morgan fingerprint density at radius 2 is 1.75 bits per heavy atom. The lowest BCUT2D eigenvalue weighted by molar-refractivity contribution is -0.384. The van der Waals surface area contributed by atoms with E-state index in [9.17, 15) is 20.1 Å². The van der Waals surface area contributed by atoms with Gasteiger partial charge in [0.05, 0.1) is 42.5 Å². The maximum absolute atomic E-state index is 13.9. The molecule has 0 aliphatic carbocycles. The number of ether oxygens (including phenoxy) is 2. The van der Waals surface area contributed by atoms with Crippen molar-refractivity contribution in [2.45, 2.75) is 6.42 Å². The van der Waals surface area contributed by atoms with Gasteiger partial charge in [0, 0.05) is 53.3 Å². The maximum atomic E-state index is 13.9. The van der Waals surface area contributed by atoms with E-state index < -0.39 is 10.5 Å². The van der Waals surface area contributed by atoms with Crippen molar-refractivity contribution < 1.29 is 19.6 Å². The van der Waals surface area contributed by atoms with Gasteiger partial charge >= 0.3 is 0 Å². The first-order valence-corrected chi connectivity index (χ1v) is 14.0. The van der Waals surface area contributed by atoms with E-state index in [0.29, 0.717) is 66.1 Å². The fraction of sp³-hybridized carbons (Fsp3) is 0.182. The number of morpholine rings is 1. The van der Waals surface area contributed by atoms with Crippen LogP contribution in [0.2, 0.25) is 0 Å². The lowest BCUT2D eigenvalue weighted by atomic mass is 9.95. The molecular formula is C33H29N5O6. The van der Waals surface area contributed by atoms with E-state index in [1.165, 1.54) is 12.3 Å². The van der Waals surface area contributed by atoms with Crippen LogP contribution in [0.3, 0.4) is 0 Å². The molecule has 1 N–H and O–H groups in total. The molecule has 6 rings (SSSR count). The molecule has 11 heteroatoms. The fourth-order valence-corrected chi connectivity index (χ4v) is 5.57. The van der Waals surface area contributed by atoms with E-state index in [0.717, 1.165) is 21.5 Å². The van der Waals surface area contributed by atoms with Gasteiger partial charge in [-0.25, -0.2) is 0 Å². The quantitative estimate of drug-likeness (QED) is 0.113. The second-order valence-corrected chi connectivity index (χ2v) is 10.3. The van der Waals surface area contributed by atoms with Crippen molar-refractivity contribution in [3.63, 3.8) is 0 Å². The number of fused-ring (bicyclic) bond motifs is 1.